The fourth-order valence-corrected chi connectivity index (χ4v) is 2.43. The lowest BCUT2D eigenvalue weighted by molar-refractivity contribution is -0.152. The largest absolute Gasteiger partial charge is 0.458 e. The van der Waals surface area contributed by atoms with E-state index < -0.39 is 35.7 Å². The smallest absolute Gasteiger partial charge is 0.330 e. The molecule has 22 heavy (non-hydrogen) atoms. The number of aliphatic hydroxyl groups is 1. The van der Waals surface area contributed by atoms with E-state index >= 15 is 0 Å². The van der Waals surface area contributed by atoms with Crippen LogP contribution in [0, 0.1) is 10.8 Å². The number of esters is 1. The number of aliphatic hydroxyl groups excluding tert-OH is 1. The SMILES string of the molecule is CC(=O)O[C@@H]1C[C@@H](CO)O[C@H]1n1cc(C#CBr)c(=O)[nH]c1=O. The Morgan fingerprint density at radius 2 is 2.36 bits per heavy atom. The van der Waals surface area contributed by atoms with Crippen LogP contribution >= 0.6 is 15.9 Å². The number of halogens is 1. The zero-order chi connectivity index (χ0) is 16.3. The van der Waals surface area contributed by atoms with Gasteiger partial charge in [-0.3, -0.25) is 19.1 Å². The topological polar surface area (TPSA) is 111 Å². The van der Waals surface area contributed by atoms with E-state index in [1.165, 1.54) is 13.1 Å². The van der Waals surface area contributed by atoms with Gasteiger partial charge in [-0.2, -0.15) is 0 Å². The number of aromatic amines is 1. The van der Waals surface area contributed by atoms with Crippen molar-refractivity contribution in [3.8, 4) is 10.8 Å². The number of nitrogens with zero attached hydrogens (tertiary/aromatic N) is 1. The number of nitrogens with one attached hydrogen (secondary N) is 1. The Balaban J connectivity index is 2.45. The molecule has 8 nitrogen and oxygen atoms in total. The molecule has 1 aromatic rings. The summed E-state index contributed by atoms with van der Waals surface area (Å²) < 4.78 is 11.7. The molecule has 0 aromatic carbocycles. The molecule has 0 spiro atoms. The molecule has 1 aliphatic heterocycles. The van der Waals surface area contributed by atoms with Gasteiger partial charge in [-0.1, -0.05) is 0 Å². The maximum atomic E-state index is 12.0. The van der Waals surface area contributed by atoms with Crippen molar-refractivity contribution in [2.45, 2.75) is 31.8 Å². The average Bonchev–Trinajstić information content (AvgIpc) is 2.84. The third-order valence-corrected chi connectivity index (χ3v) is 3.29. The Bertz CT molecular complexity index is 743. The maximum Gasteiger partial charge on any atom is 0.330 e. The molecule has 1 fully saturated rings. The third kappa shape index (κ3) is 3.47. The summed E-state index contributed by atoms with van der Waals surface area (Å²) in [5.41, 5.74) is -1.30. The lowest BCUT2D eigenvalue weighted by Crippen LogP contribution is -2.37. The Morgan fingerprint density at radius 1 is 1.64 bits per heavy atom. The minimum absolute atomic E-state index is 0.0501. The van der Waals surface area contributed by atoms with Crippen LogP contribution in [-0.2, 0) is 14.3 Å². The highest BCUT2D eigenvalue weighted by atomic mass is 79.9. The van der Waals surface area contributed by atoms with Crippen molar-refractivity contribution in [2.75, 3.05) is 6.61 Å². The summed E-state index contributed by atoms with van der Waals surface area (Å²) in [5.74, 6) is 1.97. The first-order valence-electron chi connectivity index (χ1n) is 6.37. The van der Waals surface area contributed by atoms with E-state index in [1.807, 2.05) is 0 Å². The van der Waals surface area contributed by atoms with Gasteiger partial charge in [-0.05, 0) is 10.8 Å². The second kappa shape index (κ2) is 6.91. The number of ether oxygens (including phenoxy) is 2. The molecule has 9 heteroatoms. The minimum Gasteiger partial charge on any atom is -0.458 e. The molecule has 1 aliphatic rings. The van der Waals surface area contributed by atoms with E-state index in [9.17, 15) is 19.5 Å². The highest BCUT2D eigenvalue weighted by molar-refractivity contribution is 9.12. The first kappa shape index (κ1) is 16.5. The second-order valence-corrected chi connectivity index (χ2v) is 5.04. The van der Waals surface area contributed by atoms with E-state index in [1.54, 1.807) is 0 Å². The average molecular weight is 373 g/mol. The van der Waals surface area contributed by atoms with E-state index in [0.717, 1.165) is 4.57 Å². The van der Waals surface area contributed by atoms with E-state index in [4.69, 9.17) is 9.47 Å². The number of hydrogen-bond donors (Lipinski definition) is 2. The van der Waals surface area contributed by atoms with Gasteiger partial charge in [0.25, 0.3) is 5.56 Å². The van der Waals surface area contributed by atoms with Crippen molar-refractivity contribution in [1.82, 2.24) is 9.55 Å². The van der Waals surface area contributed by atoms with Gasteiger partial charge in [0.1, 0.15) is 11.7 Å². The summed E-state index contributed by atoms with van der Waals surface area (Å²) in [5, 5.41) is 9.20. The van der Waals surface area contributed by atoms with Gasteiger partial charge in [0.15, 0.2) is 6.23 Å². The molecule has 2 heterocycles. The molecule has 0 saturated carbocycles. The molecule has 0 unspecified atom stereocenters. The summed E-state index contributed by atoms with van der Waals surface area (Å²) in [7, 11) is 0. The maximum absolute atomic E-state index is 12.0. The van der Waals surface area contributed by atoms with Crippen LogP contribution < -0.4 is 11.2 Å². The fraction of sp³-hybridized carbons (Fsp3) is 0.462. The predicted molar refractivity (Wildman–Crippen MR) is 78.3 cm³/mol. The number of rotatable bonds is 3. The quantitative estimate of drug-likeness (QED) is 0.544. The van der Waals surface area contributed by atoms with Gasteiger partial charge in [-0.15, -0.1) is 0 Å². The highest BCUT2D eigenvalue weighted by Gasteiger charge is 2.39. The van der Waals surface area contributed by atoms with Crippen LogP contribution in [0.3, 0.4) is 0 Å². The van der Waals surface area contributed by atoms with Crippen LogP contribution in [0.1, 0.15) is 25.1 Å². The van der Waals surface area contributed by atoms with Gasteiger partial charge < -0.3 is 14.6 Å². The van der Waals surface area contributed by atoms with Crippen LogP contribution in [-0.4, -0.2) is 39.4 Å². The van der Waals surface area contributed by atoms with Crippen LogP contribution in [0.25, 0.3) is 0 Å². The zero-order valence-corrected chi connectivity index (χ0v) is 13.1. The first-order chi connectivity index (χ1) is 10.5. The molecule has 0 radical (unpaired) electrons. The van der Waals surface area contributed by atoms with Crippen LogP contribution in [0.5, 0.6) is 0 Å². The monoisotopic (exact) mass is 372 g/mol. The van der Waals surface area contributed by atoms with Crippen molar-refractivity contribution in [1.29, 1.82) is 0 Å². The molecule has 0 bridgehead atoms. The Morgan fingerprint density at radius 3 is 2.95 bits per heavy atom. The number of carbonyl (C=O) groups is 1. The van der Waals surface area contributed by atoms with Crippen molar-refractivity contribution in [3.05, 3.63) is 32.6 Å². The van der Waals surface area contributed by atoms with Crippen molar-refractivity contribution >= 4 is 21.9 Å². The van der Waals surface area contributed by atoms with E-state index in [0.29, 0.717) is 0 Å². The molecular formula is C13H13BrN2O6. The predicted octanol–water partition coefficient (Wildman–Crippen LogP) is -0.548. The molecule has 0 aliphatic carbocycles. The fourth-order valence-electron chi connectivity index (χ4n) is 2.21. The Kier molecular flexibility index (Phi) is 5.18. The molecule has 118 valence electrons. The molecule has 2 N–H and O–H groups in total. The third-order valence-electron chi connectivity index (χ3n) is 3.09. The van der Waals surface area contributed by atoms with Gasteiger partial charge in [-0.25, -0.2) is 4.79 Å². The Hall–Kier alpha value is -1.89. The van der Waals surface area contributed by atoms with Gasteiger partial charge in [0.05, 0.1) is 12.7 Å². The van der Waals surface area contributed by atoms with Crippen molar-refractivity contribution in [2.24, 2.45) is 0 Å². The summed E-state index contributed by atoms with van der Waals surface area (Å²) in [6.45, 7) is 0.959. The molecule has 2 rings (SSSR count). The number of aromatic nitrogens is 2. The van der Waals surface area contributed by atoms with Crippen molar-refractivity contribution < 1.29 is 19.4 Å². The summed E-state index contributed by atoms with van der Waals surface area (Å²) >= 11 is 2.88. The lowest BCUT2D eigenvalue weighted by atomic mass is 10.2. The van der Waals surface area contributed by atoms with Gasteiger partial charge >= 0.3 is 11.7 Å². The second-order valence-electron chi connectivity index (χ2n) is 4.64. The van der Waals surface area contributed by atoms with Crippen molar-refractivity contribution in [3.63, 3.8) is 0 Å². The number of carbonyl (C=O) groups excluding carboxylic acids is 1. The normalized spacial score (nSPS) is 23.7. The molecule has 0 amide bonds. The molecule has 1 saturated heterocycles. The molecule has 1 aromatic heterocycles. The van der Waals surface area contributed by atoms with Gasteiger partial charge in [0, 0.05) is 35.5 Å². The first-order valence-corrected chi connectivity index (χ1v) is 7.16. The highest BCUT2D eigenvalue weighted by Crippen LogP contribution is 2.30. The van der Waals surface area contributed by atoms with Gasteiger partial charge in [0.2, 0.25) is 0 Å². The molecular weight excluding hydrogens is 360 g/mol. The standard InChI is InChI=1S/C13H13BrN2O6/c1-7(18)21-10-4-9(6-17)22-12(10)16-5-8(2-3-14)11(19)15-13(16)20/h5,9-10,12,17H,4,6H2,1H3,(H,15,19,20)/t9-,10+,12+/m0/s1. The van der Waals surface area contributed by atoms with Crippen LogP contribution in [0.15, 0.2) is 15.8 Å². The summed E-state index contributed by atoms with van der Waals surface area (Å²) in [4.78, 5) is 39.3. The van der Waals surface area contributed by atoms with Crippen LogP contribution in [0.4, 0.5) is 0 Å². The zero-order valence-electron chi connectivity index (χ0n) is 11.5. The summed E-state index contributed by atoms with van der Waals surface area (Å²) in [6.07, 6.45) is -0.787. The van der Waals surface area contributed by atoms with E-state index in [-0.39, 0.29) is 18.6 Å². The van der Waals surface area contributed by atoms with Crippen LogP contribution in [0.2, 0.25) is 0 Å². The minimum atomic E-state index is -0.943. The van der Waals surface area contributed by atoms with E-state index in [2.05, 4.69) is 31.7 Å². The lowest BCUT2D eigenvalue weighted by Gasteiger charge is -2.20. The number of hydrogen-bond acceptors (Lipinski definition) is 6. The summed E-state index contributed by atoms with van der Waals surface area (Å²) in [6, 6.07) is 0. The Labute approximate surface area is 133 Å². The molecule has 3 atom stereocenters. The number of H-pyrrole nitrogens is 1.